The molecule has 0 heterocycles. The van der Waals surface area contributed by atoms with Crippen LogP contribution in [0.15, 0.2) is 0 Å². The number of carbonyl (C=O) groups is 1. The SMILES string of the molecule is CN[C@@H](COCC(F)(F)C(F)F)C(=O)O.Cl. The summed E-state index contributed by atoms with van der Waals surface area (Å²) in [4.78, 5) is 10.3. The summed E-state index contributed by atoms with van der Waals surface area (Å²) in [7, 11) is 1.29. The van der Waals surface area contributed by atoms with E-state index >= 15 is 0 Å². The summed E-state index contributed by atoms with van der Waals surface area (Å²) < 4.78 is 51.9. The van der Waals surface area contributed by atoms with E-state index in [2.05, 4.69) is 10.1 Å². The fraction of sp³-hybridized carbons (Fsp3) is 0.857. The lowest BCUT2D eigenvalue weighted by Crippen LogP contribution is -2.40. The summed E-state index contributed by atoms with van der Waals surface area (Å²) >= 11 is 0. The Morgan fingerprint density at radius 2 is 2.00 bits per heavy atom. The zero-order chi connectivity index (χ0) is 12.1. The standard InChI is InChI=1S/C7H11F4NO3.ClH/c1-12-4(5(13)14)2-15-3-7(10,11)6(8)9;/h4,6,12H,2-3H2,1H3,(H,13,14);1H/t4-;/m0./s1. The Labute approximate surface area is 95.4 Å². The maximum atomic E-state index is 12.3. The van der Waals surface area contributed by atoms with Gasteiger partial charge in [-0.05, 0) is 7.05 Å². The summed E-state index contributed by atoms with van der Waals surface area (Å²) in [6.07, 6.45) is -3.82. The number of nitrogens with one attached hydrogen (secondary N) is 1. The molecule has 0 aromatic carbocycles. The molecule has 16 heavy (non-hydrogen) atoms. The highest BCUT2D eigenvalue weighted by molar-refractivity contribution is 5.85. The van der Waals surface area contributed by atoms with Crippen LogP contribution in [0.2, 0.25) is 0 Å². The Bertz CT molecular complexity index is 218. The molecule has 0 aromatic heterocycles. The molecule has 0 radical (unpaired) electrons. The largest absolute Gasteiger partial charge is 0.480 e. The van der Waals surface area contributed by atoms with Crippen molar-refractivity contribution in [3.8, 4) is 0 Å². The third-order valence-corrected chi connectivity index (χ3v) is 1.54. The number of likely N-dealkylation sites (N-methyl/N-ethyl adjacent to an activating group) is 1. The van der Waals surface area contributed by atoms with Crippen LogP contribution >= 0.6 is 12.4 Å². The number of rotatable bonds is 7. The van der Waals surface area contributed by atoms with E-state index in [-0.39, 0.29) is 12.4 Å². The van der Waals surface area contributed by atoms with Gasteiger partial charge in [-0.3, -0.25) is 4.79 Å². The average molecular weight is 270 g/mol. The summed E-state index contributed by atoms with van der Waals surface area (Å²) in [5.74, 6) is -5.56. The average Bonchev–Trinajstić information content (AvgIpc) is 2.11. The van der Waals surface area contributed by atoms with E-state index in [4.69, 9.17) is 5.11 Å². The van der Waals surface area contributed by atoms with E-state index in [0.717, 1.165) is 0 Å². The van der Waals surface area contributed by atoms with Gasteiger partial charge in [0.1, 0.15) is 12.6 Å². The molecular formula is C7H12ClF4NO3. The molecule has 0 aliphatic rings. The van der Waals surface area contributed by atoms with Crippen LogP contribution in [-0.4, -0.2) is 49.7 Å². The molecule has 0 bridgehead atoms. The molecule has 98 valence electrons. The van der Waals surface area contributed by atoms with Gasteiger partial charge >= 0.3 is 18.3 Å². The van der Waals surface area contributed by atoms with Gasteiger partial charge in [-0.25, -0.2) is 8.78 Å². The van der Waals surface area contributed by atoms with Gasteiger partial charge in [-0.2, -0.15) is 8.78 Å². The van der Waals surface area contributed by atoms with Gasteiger partial charge in [0.05, 0.1) is 6.61 Å². The molecule has 0 aromatic rings. The first-order chi connectivity index (χ1) is 6.81. The van der Waals surface area contributed by atoms with Crippen LogP contribution < -0.4 is 5.32 Å². The van der Waals surface area contributed by atoms with Crippen LogP contribution in [0.5, 0.6) is 0 Å². The Morgan fingerprint density at radius 1 is 1.50 bits per heavy atom. The fourth-order valence-electron chi connectivity index (χ4n) is 0.654. The van der Waals surface area contributed by atoms with Gasteiger partial charge in [0.2, 0.25) is 0 Å². The molecule has 9 heteroatoms. The molecule has 4 nitrogen and oxygen atoms in total. The Morgan fingerprint density at radius 3 is 2.31 bits per heavy atom. The van der Waals surface area contributed by atoms with Gasteiger partial charge in [0, 0.05) is 0 Å². The van der Waals surface area contributed by atoms with Gasteiger partial charge in [-0.1, -0.05) is 0 Å². The normalized spacial score (nSPS) is 13.4. The van der Waals surface area contributed by atoms with Crippen molar-refractivity contribution < 1.29 is 32.2 Å². The maximum absolute atomic E-state index is 12.3. The first kappa shape index (κ1) is 17.8. The highest BCUT2D eigenvalue weighted by Crippen LogP contribution is 2.22. The number of carboxylic acid groups (broad SMARTS) is 1. The number of aliphatic carboxylic acids is 1. The molecule has 0 spiro atoms. The van der Waals surface area contributed by atoms with Crippen LogP contribution in [0.25, 0.3) is 0 Å². The van der Waals surface area contributed by atoms with E-state index in [9.17, 15) is 22.4 Å². The second-order valence-corrected chi connectivity index (χ2v) is 2.76. The van der Waals surface area contributed by atoms with E-state index in [0.29, 0.717) is 0 Å². The number of hydrogen-bond acceptors (Lipinski definition) is 3. The number of halogens is 5. The van der Waals surface area contributed by atoms with Crippen LogP contribution in [0, 0.1) is 0 Å². The maximum Gasteiger partial charge on any atom is 0.330 e. The summed E-state index contributed by atoms with van der Waals surface area (Å²) in [5.41, 5.74) is 0. The minimum Gasteiger partial charge on any atom is -0.480 e. The minimum absolute atomic E-state index is 0. The Hall–Kier alpha value is -0.600. The van der Waals surface area contributed by atoms with Gasteiger partial charge in [0.25, 0.3) is 0 Å². The second kappa shape index (κ2) is 7.64. The van der Waals surface area contributed by atoms with E-state index in [1.807, 2.05) is 0 Å². The first-order valence-electron chi connectivity index (χ1n) is 3.95. The number of ether oxygens (including phenoxy) is 1. The zero-order valence-electron chi connectivity index (χ0n) is 8.25. The monoisotopic (exact) mass is 269 g/mol. The van der Waals surface area contributed by atoms with E-state index in [1.165, 1.54) is 7.05 Å². The minimum atomic E-state index is -4.25. The van der Waals surface area contributed by atoms with Crippen molar-refractivity contribution in [2.75, 3.05) is 20.3 Å². The summed E-state index contributed by atoms with van der Waals surface area (Å²) in [5, 5.41) is 10.7. The highest BCUT2D eigenvalue weighted by Gasteiger charge is 2.41. The summed E-state index contributed by atoms with van der Waals surface area (Å²) in [6, 6.07) is -1.20. The molecular weight excluding hydrogens is 258 g/mol. The third kappa shape index (κ3) is 6.09. The second-order valence-electron chi connectivity index (χ2n) is 2.76. The molecule has 2 N–H and O–H groups in total. The third-order valence-electron chi connectivity index (χ3n) is 1.54. The lowest BCUT2D eigenvalue weighted by atomic mass is 10.3. The molecule has 0 saturated heterocycles. The van der Waals surface area contributed by atoms with Gasteiger partial charge in [-0.15, -0.1) is 12.4 Å². The fourth-order valence-corrected chi connectivity index (χ4v) is 0.654. The van der Waals surface area contributed by atoms with Crippen LogP contribution in [0.1, 0.15) is 0 Å². The van der Waals surface area contributed by atoms with Crippen molar-refractivity contribution in [2.45, 2.75) is 18.4 Å². The lowest BCUT2D eigenvalue weighted by Gasteiger charge is -2.17. The quantitative estimate of drug-likeness (QED) is 0.677. The molecule has 0 amide bonds. The van der Waals surface area contributed by atoms with Gasteiger partial charge < -0.3 is 15.2 Å². The van der Waals surface area contributed by atoms with Crippen LogP contribution in [-0.2, 0) is 9.53 Å². The number of hydrogen-bond donors (Lipinski definition) is 2. The molecule has 0 fully saturated rings. The summed E-state index contributed by atoms with van der Waals surface area (Å²) in [6.45, 7) is -2.11. The molecule has 1 atom stereocenters. The number of carboxylic acids is 1. The predicted molar refractivity (Wildman–Crippen MR) is 49.5 cm³/mol. The van der Waals surface area contributed by atoms with Crippen molar-refractivity contribution in [1.29, 1.82) is 0 Å². The molecule has 0 aliphatic heterocycles. The number of alkyl halides is 4. The van der Waals surface area contributed by atoms with Crippen molar-refractivity contribution in [3.63, 3.8) is 0 Å². The Kier molecular flexibility index (Phi) is 8.49. The molecule has 0 unspecified atom stereocenters. The lowest BCUT2D eigenvalue weighted by molar-refractivity contribution is -0.169. The molecule has 0 rings (SSSR count). The predicted octanol–water partition coefficient (Wildman–Crippen LogP) is 0.998. The van der Waals surface area contributed by atoms with E-state index < -0.39 is 37.6 Å². The first-order valence-corrected chi connectivity index (χ1v) is 3.95. The Balaban J connectivity index is 0. The van der Waals surface area contributed by atoms with Crippen LogP contribution in [0.3, 0.4) is 0 Å². The molecule has 0 saturated carbocycles. The molecule has 0 aliphatic carbocycles. The van der Waals surface area contributed by atoms with E-state index in [1.54, 1.807) is 0 Å². The van der Waals surface area contributed by atoms with Crippen molar-refractivity contribution >= 4 is 18.4 Å². The zero-order valence-corrected chi connectivity index (χ0v) is 9.07. The van der Waals surface area contributed by atoms with Gasteiger partial charge in [0.15, 0.2) is 0 Å². The van der Waals surface area contributed by atoms with Crippen LogP contribution in [0.4, 0.5) is 17.6 Å². The van der Waals surface area contributed by atoms with Crippen molar-refractivity contribution in [1.82, 2.24) is 5.32 Å². The topological polar surface area (TPSA) is 58.6 Å². The van der Waals surface area contributed by atoms with Crippen molar-refractivity contribution in [3.05, 3.63) is 0 Å². The van der Waals surface area contributed by atoms with Crippen molar-refractivity contribution in [2.24, 2.45) is 0 Å². The smallest absolute Gasteiger partial charge is 0.330 e. The highest BCUT2D eigenvalue weighted by atomic mass is 35.5.